The van der Waals surface area contributed by atoms with Gasteiger partial charge < -0.3 is 9.47 Å². The fourth-order valence-electron chi connectivity index (χ4n) is 1.76. The monoisotopic (exact) mass is 191 g/mol. The van der Waals surface area contributed by atoms with Crippen LogP contribution in [0.15, 0.2) is 30.3 Å². The van der Waals surface area contributed by atoms with E-state index in [0.29, 0.717) is 0 Å². The molecule has 0 spiro atoms. The third-order valence-electron chi connectivity index (χ3n) is 2.31. The second-order valence-corrected chi connectivity index (χ2v) is 4.01. The summed E-state index contributed by atoms with van der Waals surface area (Å²) in [7, 11) is 0. The summed E-state index contributed by atoms with van der Waals surface area (Å²) in [6, 6.07) is 10.1. The summed E-state index contributed by atoms with van der Waals surface area (Å²) >= 11 is 0. The van der Waals surface area contributed by atoms with Crippen molar-refractivity contribution in [3.8, 4) is 0 Å². The number of benzene rings is 1. The van der Waals surface area contributed by atoms with Gasteiger partial charge in [0.05, 0.1) is 6.10 Å². The van der Waals surface area contributed by atoms with Crippen molar-refractivity contribution in [2.75, 3.05) is 0 Å². The number of rotatable bonds is 1. The lowest BCUT2D eigenvalue weighted by Crippen LogP contribution is -2.20. The van der Waals surface area contributed by atoms with Gasteiger partial charge >= 0.3 is 0 Å². The Morgan fingerprint density at radius 2 is 1.79 bits per heavy atom. The van der Waals surface area contributed by atoms with Crippen molar-refractivity contribution in [1.29, 1.82) is 0 Å². The molecule has 1 aliphatic heterocycles. The van der Waals surface area contributed by atoms with Crippen molar-refractivity contribution in [2.24, 2.45) is 0 Å². The van der Waals surface area contributed by atoms with Crippen molar-refractivity contribution in [3.05, 3.63) is 42.8 Å². The molecule has 2 rings (SSSR count). The number of hydrogen-bond acceptors (Lipinski definition) is 2. The molecule has 1 aliphatic rings. The minimum Gasteiger partial charge on any atom is -0.344 e. The van der Waals surface area contributed by atoms with Gasteiger partial charge in [-0.05, 0) is 26.3 Å². The molecule has 0 aliphatic carbocycles. The number of hydrogen-bond donors (Lipinski definition) is 0. The Labute approximate surface area is 84.8 Å². The summed E-state index contributed by atoms with van der Waals surface area (Å²) in [5, 5.41) is 0. The van der Waals surface area contributed by atoms with E-state index in [1.165, 1.54) is 0 Å². The topological polar surface area (TPSA) is 18.5 Å². The summed E-state index contributed by atoms with van der Waals surface area (Å²) in [6.45, 7) is 7.77. The van der Waals surface area contributed by atoms with Crippen LogP contribution in [0, 0.1) is 6.92 Å². The summed E-state index contributed by atoms with van der Waals surface area (Å²) in [6.07, 6.45) is -0.182. The predicted octanol–water partition coefficient (Wildman–Crippen LogP) is 2.71. The molecule has 1 aromatic carbocycles. The zero-order valence-corrected chi connectivity index (χ0v) is 8.57. The van der Waals surface area contributed by atoms with Crippen molar-refractivity contribution in [1.82, 2.24) is 0 Å². The molecule has 1 heterocycles. The van der Waals surface area contributed by atoms with E-state index >= 15 is 0 Å². The quantitative estimate of drug-likeness (QED) is 0.679. The van der Waals surface area contributed by atoms with Gasteiger partial charge in [0.25, 0.3) is 0 Å². The Morgan fingerprint density at radius 1 is 1.14 bits per heavy atom. The lowest BCUT2D eigenvalue weighted by atomic mass is 10.1. The van der Waals surface area contributed by atoms with Crippen molar-refractivity contribution < 1.29 is 9.47 Å². The van der Waals surface area contributed by atoms with Crippen LogP contribution in [-0.4, -0.2) is 11.9 Å². The van der Waals surface area contributed by atoms with Gasteiger partial charge in [0.2, 0.25) is 0 Å². The van der Waals surface area contributed by atoms with Crippen LogP contribution in [0.4, 0.5) is 0 Å². The largest absolute Gasteiger partial charge is 0.344 e. The Morgan fingerprint density at radius 3 is 2.29 bits per heavy atom. The van der Waals surface area contributed by atoms with Gasteiger partial charge in [-0.25, -0.2) is 0 Å². The zero-order chi connectivity index (χ0) is 10.2. The Bertz CT molecular complexity index is 305. The first kappa shape index (κ1) is 9.69. The van der Waals surface area contributed by atoms with Gasteiger partial charge in [0.1, 0.15) is 6.10 Å². The number of ether oxygens (including phenoxy) is 2. The molecule has 0 saturated carbocycles. The zero-order valence-electron chi connectivity index (χ0n) is 8.57. The highest BCUT2D eigenvalue weighted by molar-refractivity contribution is 5.20. The van der Waals surface area contributed by atoms with Crippen LogP contribution in [-0.2, 0) is 9.47 Å². The van der Waals surface area contributed by atoms with Crippen molar-refractivity contribution >= 4 is 0 Å². The second-order valence-electron chi connectivity index (χ2n) is 4.01. The average Bonchev–Trinajstić information content (AvgIpc) is 2.41. The van der Waals surface area contributed by atoms with Gasteiger partial charge in [-0.3, -0.25) is 0 Å². The van der Waals surface area contributed by atoms with Crippen LogP contribution < -0.4 is 0 Å². The van der Waals surface area contributed by atoms with Crippen LogP contribution in [0.2, 0.25) is 0 Å². The third kappa shape index (κ3) is 1.81. The van der Waals surface area contributed by atoms with Gasteiger partial charge in [-0.2, -0.15) is 0 Å². The molecule has 2 atom stereocenters. The van der Waals surface area contributed by atoms with E-state index < -0.39 is 5.79 Å². The maximum Gasteiger partial charge on any atom is 0.164 e. The van der Waals surface area contributed by atoms with Crippen LogP contribution >= 0.6 is 0 Å². The van der Waals surface area contributed by atoms with E-state index in [0.717, 1.165) is 5.56 Å². The molecular formula is C12H15O2. The summed E-state index contributed by atoms with van der Waals surface area (Å²) in [5.74, 6) is -0.521. The highest BCUT2D eigenvalue weighted by Crippen LogP contribution is 2.37. The van der Waals surface area contributed by atoms with Gasteiger partial charge in [0, 0.05) is 0 Å². The van der Waals surface area contributed by atoms with E-state index in [2.05, 4.69) is 6.92 Å². The molecule has 0 bridgehead atoms. The molecular weight excluding hydrogens is 176 g/mol. The van der Waals surface area contributed by atoms with E-state index in [9.17, 15) is 0 Å². The van der Waals surface area contributed by atoms with E-state index in [-0.39, 0.29) is 12.2 Å². The molecule has 2 nitrogen and oxygen atoms in total. The van der Waals surface area contributed by atoms with E-state index in [1.807, 2.05) is 44.2 Å². The first-order chi connectivity index (χ1) is 6.58. The molecule has 1 aromatic rings. The molecule has 14 heavy (non-hydrogen) atoms. The first-order valence-electron chi connectivity index (χ1n) is 4.82. The fourth-order valence-corrected chi connectivity index (χ4v) is 1.76. The predicted molar refractivity (Wildman–Crippen MR) is 54.6 cm³/mol. The van der Waals surface area contributed by atoms with Crippen molar-refractivity contribution in [3.63, 3.8) is 0 Å². The maximum absolute atomic E-state index is 5.76. The summed E-state index contributed by atoms with van der Waals surface area (Å²) < 4.78 is 11.3. The average molecular weight is 191 g/mol. The molecule has 1 saturated heterocycles. The normalized spacial score (nSPS) is 30.5. The minimum absolute atomic E-state index is 0.0498. The maximum atomic E-state index is 5.76. The minimum atomic E-state index is -0.521. The molecule has 0 N–H and O–H groups in total. The van der Waals surface area contributed by atoms with Gasteiger partial charge in [-0.15, -0.1) is 0 Å². The molecule has 75 valence electrons. The first-order valence-corrected chi connectivity index (χ1v) is 4.82. The molecule has 1 radical (unpaired) electrons. The standard InChI is InChI=1S/C12H15O2/c1-9-11(14-12(2,3)13-9)10-7-5-4-6-8-10/h4-9,11H,1H2,2-3H3/t9-,11+/m1/s1. The summed E-state index contributed by atoms with van der Waals surface area (Å²) in [4.78, 5) is 0. The Balaban J connectivity index is 2.21. The van der Waals surface area contributed by atoms with Crippen LogP contribution in [0.25, 0.3) is 0 Å². The van der Waals surface area contributed by atoms with Gasteiger partial charge in [0.15, 0.2) is 5.79 Å². The fraction of sp³-hybridized carbons (Fsp3) is 0.417. The highest BCUT2D eigenvalue weighted by Gasteiger charge is 2.39. The van der Waals surface area contributed by atoms with Crippen LogP contribution in [0.1, 0.15) is 25.5 Å². The summed E-state index contributed by atoms with van der Waals surface area (Å²) in [5.41, 5.74) is 1.12. The second kappa shape index (κ2) is 3.37. The molecule has 0 unspecified atom stereocenters. The van der Waals surface area contributed by atoms with E-state index in [4.69, 9.17) is 9.47 Å². The molecule has 0 aromatic heterocycles. The lowest BCUT2D eigenvalue weighted by Gasteiger charge is -2.16. The molecule has 0 amide bonds. The van der Waals surface area contributed by atoms with Gasteiger partial charge in [-0.1, -0.05) is 30.3 Å². The van der Waals surface area contributed by atoms with Crippen molar-refractivity contribution in [2.45, 2.75) is 31.8 Å². The molecule has 2 heteroatoms. The lowest BCUT2D eigenvalue weighted by molar-refractivity contribution is -0.143. The highest BCUT2D eigenvalue weighted by atomic mass is 16.7. The Kier molecular flexibility index (Phi) is 2.33. The van der Waals surface area contributed by atoms with Crippen LogP contribution in [0.5, 0.6) is 0 Å². The SMILES string of the molecule is [CH2][C@H]1OC(C)(C)O[C@@H]1c1ccccc1. The third-order valence-corrected chi connectivity index (χ3v) is 2.31. The Hall–Kier alpha value is -0.860. The van der Waals surface area contributed by atoms with Crippen LogP contribution in [0.3, 0.4) is 0 Å². The smallest absolute Gasteiger partial charge is 0.164 e. The van der Waals surface area contributed by atoms with E-state index in [1.54, 1.807) is 0 Å². The molecule has 1 fully saturated rings.